The van der Waals surface area contributed by atoms with Crippen LogP contribution in [0, 0.1) is 5.92 Å². The standard InChI is InChI=1S/C12H19N3O/c1-16-12-6-11(10-2-3-10)14-15(12)8-9-4-5-13-7-9/h6,9-10,13H,2-5,7-8H2,1H3. The van der Waals surface area contributed by atoms with E-state index < -0.39 is 0 Å². The summed E-state index contributed by atoms with van der Waals surface area (Å²) in [6.45, 7) is 3.24. The average molecular weight is 221 g/mol. The third kappa shape index (κ3) is 1.94. The summed E-state index contributed by atoms with van der Waals surface area (Å²) < 4.78 is 7.44. The van der Waals surface area contributed by atoms with Gasteiger partial charge >= 0.3 is 0 Å². The fraction of sp³-hybridized carbons (Fsp3) is 0.750. The molecular weight excluding hydrogens is 202 g/mol. The monoisotopic (exact) mass is 221 g/mol. The van der Waals surface area contributed by atoms with Crippen LogP contribution in [-0.2, 0) is 6.54 Å². The van der Waals surface area contributed by atoms with Gasteiger partial charge in [0, 0.05) is 18.5 Å². The molecule has 4 nitrogen and oxygen atoms in total. The van der Waals surface area contributed by atoms with Crippen LogP contribution in [0.1, 0.15) is 30.9 Å². The molecule has 3 rings (SSSR count). The van der Waals surface area contributed by atoms with Gasteiger partial charge in [-0.25, -0.2) is 4.68 Å². The molecule has 1 atom stereocenters. The first kappa shape index (κ1) is 10.1. The molecule has 16 heavy (non-hydrogen) atoms. The lowest BCUT2D eigenvalue weighted by Crippen LogP contribution is -2.16. The minimum absolute atomic E-state index is 0.705. The second-order valence-electron chi connectivity index (χ2n) is 4.93. The third-order valence-electron chi connectivity index (χ3n) is 3.56. The van der Waals surface area contributed by atoms with E-state index in [1.165, 1.54) is 25.0 Å². The van der Waals surface area contributed by atoms with Crippen LogP contribution in [0.5, 0.6) is 5.88 Å². The molecule has 1 aromatic heterocycles. The molecular formula is C12H19N3O. The number of nitrogens with zero attached hydrogens (tertiary/aromatic N) is 2. The van der Waals surface area contributed by atoms with Crippen LogP contribution in [0.25, 0.3) is 0 Å². The Kier molecular flexibility index (Phi) is 2.59. The highest BCUT2D eigenvalue weighted by molar-refractivity contribution is 5.22. The van der Waals surface area contributed by atoms with Gasteiger partial charge in [0.2, 0.25) is 5.88 Å². The maximum absolute atomic E-state index is 5.39. The van der Waals surface area contributed by atoms with Crippen molar-refractivity contribution in [2.24, 2.45) is 5.92 Å². The number of methoxy groups -OCH3 is 1. The highest BCUT2D eigenvalue weighted by Gasteiger charge is 2.28. The molecule has 1 N–H and O–H groups in total. The molecule has 2 aliphatic rings. The fourth-order valence-electron chi connectivity index (χ4n) is 2.41. The van der Waals surface area contributed by atoms with E-state index >= 15 is 0 Å². The molecule has 4 heteroatoms. The van der Waals surface area contributed by atoms with Crippen LogP contribution >= 0.6 is 0 Å². The smallest absolute Gasteiger partial charge is 0.211 e. The molecule has 1 saturated heterocycles. The maximum Gasteiger partial charge on any atom is 0.211 e. The van der Waals surface area contributed by atoms with E-state index in [1.54, 1.807) is 7.11 Å². The lowest BCUT2D eigenvalue weighted by atomic mass is 10.1. The van der Waals surface area contributed by atoms with Gasteiger partial charge < -0.3 is 10.1 Å². The Hall–Kier alpha value is -1.03. The topological polar surface area (TPSA) is 39.1 Å². The summed E-state index contributed by atoms with van der Waals surface area (Å²) in [5.41, 5.74) is 1.22. The van der Waals surface area contributed by atoms with Crippen molar-refractivity contribution in [3.8, 4) is 5.88 Å². The first-order chi connectivity index (χ1) is 7.86. The fourth-order valence-corrected chi connectivity index (χ4v) is 2.41. The SMILES string of the molecule is COc1cc(C2CC2)nn1CC1CCNC1. The van der Waals surface area contributed by atoms with E-state index in [0.717, 1.165) is 25.5 Å². The summed E-state index contributed by atoms with van der Waals surface area (Å²) in [5.74, 6) is 2.34. The van der Waals surface area contributed by atoms with Crippen molar-refractivity contribution < 1.29 is 4.74 Å². The molecule has 0 bridgehead atoms. The Morgan fingerprint density at radius 3 is 3.00 bits per heavy atom. The van der Waals surface area contributed by atoms with Gasteiger partial charge in [-0.05, 0) is 38.3 Å². The van der Waals surface area contributed by atoms with Crippen molar-refractivity contribution in [2.75, 3.05) is 20.2 Å². The summed E-state index contributed by atoms with van der Waals surface area (Å²) in [7, 11) is 1.73. The van der Waals surface area contributed by atoms with Crippen molar-refractivity contribution in [1.82, 2.24) is 15.1 Å². The highest BCUT2D eigenvalue weighted by atomic mass is 16.5. The molecule has 88 valence electrons. The van der Waals surface area contributed by atoms with Gasteiger partial charge in [-0.2, -0.15) is 5.10 Å². The lowest BCUT2D eigenvalue weighted by molar-refractivity contribution is 0.336. The first-order valence-corrected chi connectivity index (χ1v) is 6.19. The van der Waals surface area contributed by atoms with Crippen LogP contribution in [0.15, 0.2) is 6.07 Å². The second-order valence-corrected chi connectivity index (χ2v) is 4.93. The number of ether oxygens (including phenoxy) is 1. The van der Waals surface area contributed by atoms with E-state index in [9.17, 15) is 0 Å². The Morgan fingerprint density at radius 1 is 1.50 bits per heavy atom. The molecule has 0 spiro atoms. The van der Waals surface area contributed by atoms with Crippen molar-refractivity contribution in [3.63, 3.8) is 0 Å². The second kappa shape index (κ2) is 4.09. The Balaban J connectivity index is 1.75. The highest BCUT2D eigenvalue weighted by Crippen LogP contribution is 2.40. The van der Waals surface area contributed by atoms with Gasteiger partial charge in [0.05, 0.1) is 12.8 Å². The molecule has 0 radical (unpaired) electrons. The summed E-state index contributed by atoms with van der Waals surface area (Å²) in [6, 6.07) is 2.11. The van der Waals surface area contributed by atoms with Gasteiger partial charge in [0.25, 0.3) is 0 Å². The summed E-state index contributed by atoms with van der Waals surface area (Å²) in [5, 5.41) is 8.06. The first-order valence-electron chi connectivity index (χ1n) is 6.19. The molecule has 2 heterocycles. The normalized spacial score (nSPS) is 24.9. The predicted molar refractivity (Wildman–Crippen MR) is 61.7 cm³/mol. The van der Waals surface area contributed by atoms with Crippen molar-refractivity contribution in [2.45, 2.75) is 31.7 Å². The largest absolute Gasteiger partial charge is 0.481 e. The Bertz CT molecular complexity index is 364. The molecule has 1 aromatic rings. The van der Waals surface area contributed by atoms with Crippen LogP contribution in [0.4, 0.5) is 0 Å². The van der Waals surface area contributed by atoms with Crippen molar-refractivity contribution in [1.29, 1.82) is 0 Å². The van der Waals surface area contributed by atoms with E-state index in [0.29, 0.717) is 11.8 Å². The van der Waals surface area contributed by atoms with E-state index in [-0.39, 0.29) is 0 Å². The van der Waals surface area contributed by atoms with Crippen molar-refractivity contribution in [3.05, 3.63) is 11.8 Å². The number of rotatable bonds is 4. The predicted octanol–water partition coefficient (Wildman–Crippen LogP) is 1.38. The molecule has 1 aliphatic heterocycles. The minimum atomic E-state index is 0.705. The molecule has 1 unspecified atom stereocenters. The van der Waals surface area contributed by atoms with Gasteiger partial charge in [-0.1, -0.05) is 0 Å². The van der Waals surface area contributed by atoms with Gasteiger partial charge in [0.1, 0.15) is 0 Å². The third-order valence-corrected chi connectivity index (χ3v) is 3.56. The zero-order chi connectivity index (χ0) is 11.0. The number of hydrogen-bond acceptors (Lipinski definition) is 3. The molecule has 0 aromatic carbocycles. The van der Waals surface area contributed by atoms with Crippen LogP contribution in [0.3, 0.4) is 0 Å². The Morgan fingerprint density at radius 2 is 2.38 bits per heavy atom. The number of hydrogen-bond donors (Lipinski definition) is 1. The van der Waals surface area contributed by atoms with E-state index in [1.807, 2.05) is 4.68 Å². The lowest BCUT2D eigenvalue weighted by Gasteiger charge is -2.10. The molecule has 1 saturated carbocycles. The van der Waals surface area contributed by atoms with Crippen LogP contribution < -0.4 is 10.1 Å². The van der Waals surface area contributed by atoms with E-state index in [2.05, 4.69) is 16.5 Å². The van der Waals surface area contributed by atoms with Gasteiger partial charge in [-0.3, -0.25) is 0 Å². The van der Waals surface area contributed by atoms with Crippen molar-refractivity contribution >= 4 is 0 Å². The quantitative estimate of drug-likeness (QED) is 0.835. The summed E-state index contributed by atoms with van der Waals surface area (Å²) >= 11 is 0. The zero-order valence-corrected chi connectivity index (χ0v) is 9.78. The summed E-state index contributed by atoms with van der Waals surface area (Å²) in [4.78, 5) is 0. The number of nitrogens with one attached hydrogen (secondary N) is 1. The Labute approximate surface area is 96.0 Å². The zero-order valence-electron chi connectivity index (χ0n) is 9.78. The molecule has 2 fully saturated rings. The van der Waals surface area contributed by atoms with Crippen LogP contribution in [-0.4, -0.2) is 30.0 Å². The average Bonchev–Trinajstić information content (AvgIpc) is 2.88. The number of aromatic nitrogens is 2. The van der Waals surface area contributed by atoms with Gasteiger partial charge in [-0.15, -0.1) is 0 Å². The van der Waals surface area contributed by atoms with Gasteiger partial charge in [0.15, 0.2) is 0 Å². The maximum atomic E-state index is 5.39. The molecule has 0 amide bonds. The summed E-state index contributed by atoms with van der Waals surface area (Å²) in [6.07, 6.45) is 3.85. The minimum Gasteiger partial charge on any atom is -0.481 e. The molecule has 1 aliphatic carbocycles. The van der Waals surface area contributed by atoms with Crippen LogP contribution in [0.2, 0.25) is 0 Å². The van der Waals surface area contributed by atoms with E-state index in [4.69, 9.17) is 4.74 Å².